The number of rotatable bonds is 5. The number of hydrogen-bond donors (Lipinski definition) is 2. The minimum Gasteiger partial charge on any atom is -0.280 e. The van der Waals surface area contributed by atoms with Crippen LogP contribution in [0.25, 0.3) is 0 Å². The molecule has 2 aromatic carbocycles. The molecule has 0 amide bonds. The molecule has 6 nitrogen and oxygen atoms in total. The summed E-state index contributed by atoms with van der Waals surface area (Å²) in [6, 6.07) is 8.51. The maximum Gasteiger partial charge on any atom is 0.262 e. The van der Waals surface area contributed by atoms with Crippen molar-refractivity contribution in [2.75, 3.05) is 11.8 Å². The van der Waals surface area contributed by atoms with E-state index in [1.165, 1.54) is 37.4 Å². The standard InChI is InChI=1S/C15H17ClN2O4S2/c1-10-9-15(11(2)8-14(10)16)24(21,22)18-12-4-6-13(7-5-12)23(19,20)17-3/h4-9,17-18H,1-3H3. The van der Waals surface area contributed by atoms with E-state index in [9.17, 15) is 16.8 Å². The van der Waals surface area contributed by atoms with Crippen molar-refractivity contribution in [2.24, 2.45) is 0 Å². The van der Waals surface area contributed by atoms with Gasteiger partial charge in [-0.15, -0.1) is 0 Å². The number of hydrogen-bond acceptors (Lipinski definition) is 4. The number of halogens is 1. The molecule has 0 aliphatic carbocycles. The van der Waals surface area contributed by atoms with Gasteiger partial charge in [-0.3, -0.25) is 4.72 Å². The highest BCUT2D eigenvalue weighted by Crippen LogP contribution is 2.26. The normalized spacial score (nSPS) is 12.2. The summed E-state index contributed by atoms with van der Waals surface area (Å²) in [5.41, 5.74) is 1.43. The number of anilines is 1. The molecule has 24 heavy (non-hydrogen) atoms. The van der Waals surface area contributed by atoms with E-state index in [1.54, 1.807) is 19.9 Å². The van der Waals surface area contributed by atoms with Gasteiger partial charge in [0, 0.05) is 10.7 Å². The summed E-state index contributed by atoms with van der Waals surface area (Å²) in [5, 5.41) is 0.494. The van der Waals surface area contributed by atoms with Crippen molar-refractivity contribution in [1.29, 1.82) is 0 Å². The molecule has 9 heteroatoms. The average Bonchev–Trinajstić information content (AvgIpc) is 2.51. The van der Waals surface area contributed by atoms with Gasteiger partial charge in [0.2, 0.25) is 10.0 Å². The minimum absolute atomic E-state index is 0.0477. The van der Waals surface area contributed by atoms with Crippen LogP contribution in [-0.4, -0.2) is 23.9 Å². The minimum atomic E-state index is -3.81. The second-order valence-electron chi connectivity index (χ2n) is 5.20. The third kappa shape index (κ3) is 3.89. The predicted molar refractivity (Wildman–Crippen MR) is 94.4 cm³/mol. The Bertz CT molecular complexity index is 969. The molecular formula is C15H17ClN2O4S2. The molecule has 2 aromatic rings. The molecule has 0 aliphatic rings. The van der Waals surface area contributed by atoms with E-state index >= 15 is 0 Å². The maximum absolute atomic E-state index is 12.5. The van der Waals surface area contributed by atoms with Crippen molar-refractivity contribution in [3.05, 3.63) is 52.5 Å². The molecule has 0 bridgehead atoms. The van der Waals surface area contributed by atoms with Crippen LogP contribution in [0, 0.1) is 13.8 Å². The molecule has 130 valence electrons. The van der Waals surface area contributed by atoms with Gasteiger partial charge in [-0.05, 0) is 68.4 Å². The van der Waals surface area contributed by atoms with Gasteiger partial charge in [0.15, 0.2) is 0 Å². The van der Waals surface area contributed by atoms with Crippen LogP contribution in [0.1, 0.15) is 11.1 Å². The zero-order valence-electron chi connectivity index (χ0n) is 13.3. The SMILES string of the molecule is CNS(=O)(=O)c1ccc(NS(=O)(=O)c2cc(C)c(Cl)cc2C)cc1. The molecule has 0 unspecified atom stereocenters. The summed E-state index contributed by atoms with van der Waals surface area (Å²) in [4.78, 5) is 0.169. The third-order valence-corrected chi connectivity index (χ3v) is 6.79. The van der Waals surface area contributed by atoms with Crippen molar-refractivity contribution in [1.82, 2.24) is 4.72 Å². The summed E-state index contributed by atoms with van der Waals surface area (Å²) in [6.07, 6.45) is 0. The van der Waals surface area contributed by atoms with Crippen LogP contribution < -0.4 is 9.44 Å². The highest BCUT2D eigenvalue weighted by atomic mass is 35.5. The van der Waals surface area contributed by atoms with Crippen molar-refractivity contribution in [2.45, 2.75) is 23.6 Å². The van der Waals surface area contributed by atoms with E-state index in [1.807, 2.05) is 0 Å². The Kier molecular flexibility index (Phi) is 5.24. The van der Waals surface area contributed by atoms with Gasteiger partial charge >= 0.3 is 0 Å². The fourth-order valence-corrected chi connectivity index (χ4v) is 4.39. The Morgan fingerprint density at radius 1 is 0.875 bits per heavy atom. The van der Waals surface area contributed by atoms with E-state index in [0.717, 1.165) is 0 Å². The Balaban J connectivity index is 2.35. The zero-order chi connectivity index (χ0) is 18.1. The lowest BCUT2D eigenvalue weighted by atomic mass is 10.2. The van der Waals surface area contributed by atoms with Gasteiger partial charge in [0.25, 0.3) is 10.0 Å². The molecule has 0 aliphatic heterocycles. The summed E-state index contributed by atoms with van der Waals surface area (Å²) >= 11 is 5.99. The molecule has 0 spiro atoms. The summed E-state index contributed by atoms with van der Waals surface area (Å²) in [7, 11) is -6.08. The van der Waals surface area contributed by atoms with Crippen LogP contribution in [0.3, 0.4) is 0 Å². The second-order valence-corrected chi connectivity index (χ2v) is 9.15. The van der Waals surface area contributed by atoms with Crippen LogP contribution in [0.4, 0.5) is 5.69 Å². The van der Waals surface area contributed by atoms with E-state index in [0.29, 0.717) is 16.1 Å². The van der Waals surface area contributed by atoms with Gasteiger partial charge in [0.05, 0.1) is 9.79 Å². The smallest absolute Gasteiger partial charge is 0.262 e. The van der Waals surface area contributed by atoms with Crippen molar-refractivity contribution in [3.63, 3.8) is 0 Å². The van der Waals surface area contributed by atoms with E-state index in [-0.39, 0.29) is 15.5 Å². The molecule has 0 saturated heterocycles. The highest BCUT2D eigenvalue weighted by molar-refractivity contribution is 7.92. The van der Waals surface area contributed by atoms with Crippen molar-refractivity contribution >= 4 is 37.3 Å². The first-order valence-electron chi connectivity index (χ1n) is 6.90. The summed E-state index contributed by atoms with van der Waals surface area (Å²) in [6.45, 7) is 3.38. The fourth-order valence-electron chi connectivity index (χ4n) is 2.07. The van der Waals surface area contributed by atoms with Crippen LogP contribution in [0.2, 0.25) is 5.02 Å². The molecule has 0 saturated carbocycles. The Labute approximate surface area is 147 Å². The van der Waals surface area contributed by atoms with E-state index in [4.69, 9.17) is 11.6 Å². The fraction of sp³-hybridized carbons (Fsp3) is 0.200. The van der Waals surface area contributed by atoms with Crippen LogP contribution in [0.15, 0.2) is 46.2 Å². The van der Waals surface area contributed by atoms with Crippen molar-refractivity contribution < 1.29 is 16.8 Å². The predicted octanol–water partition coefficient (Wildman–Crippen LogP) is 2.67. The third-order valence-electron chi connectivity index (χ3n) is 3.43. The van der Waals surface area contributed by atoms with Gasteiger partial charge in [0.1, 0.15) is 0 Å². The topological polar surface area (TPSA) is 92.3 Å². The average molecular weight is 389 g/mol. The van der Waals surface area contributed by atoms with Gasteiger partial charge in [-0.25, -0.2) is 21.6 Å². The Hall–Kier alpha value is -1.61. The quantitative estimate of drug-likeness (QED) is 0.823. The van der Waals surface area contributed by atoms with E-state index < -0.39 is 20.0 Å². The molecular weight excluding hydrogens is 372 g/mol. The monoisotopic (exact) mass is 388 g/mol. The molecule has 2 rings (SSSR count). The number of aryl methyl sites for hydroxylation is 2. The lowest BCUT2D eigenvalue weighted by Gasteiger charge is -2.12. The summed E-state index contributed by atoms with van der Waals surface area (Å²) in [5.74, 6) is 0. The van der Waals surface area contributed by atoms with Gasteiger partial charge in [-0.2, -0.15) is 0 Å². The highest BCUT2D eigenvalue weighted by Gasteiger charge is 2.19. The number of benzene rings is 2. The van der Waals surface area contributed by atoms with Gasteiger partial charge in [-0.1, -0.05) is 11.6 Å². The lowest BCUT2D eigenvalue weighted by molar-refractivity contribution is 0.588. The summed E-state index contributed by atoms with van der Waals surface area (Å²) < 4.78 is 53.0. The molecule has 0 radical (unpaired) electrons. The molecule has 0 atom stereocenters. The molecule has 0 aromatic heterocycles. The molecule has 2 N–H and O–H groups in total. The van der Waals surface area contributed by atoms with Gasteiger partial charge < -0.3 is 0 Å². The second kappa shape index (κ2) is 6.72. The first-order valence-corrected chi connectivity index (χ1v) is 10.2. The number of nitrogens with one attached hydrogen (secondary N) is 2. The van der Waals surface area contributed by atoms with E-state index in [2.05, 4.69) is 9.44 Å². The van der Waals surface area contributed by atoms with Crippen LogP contribution in [-0.2, 0) is 20.0 Å². The van der Waals surface area contributed by atoms with Crippen LogP contribution >= 0.6 is 11.6 Å². The van der Waals surface area contributed by atoms with Crippen LogP contribution in [0.5, 0.6) is 0 Å². The largest absolute Gasteiger partial charge is 0.280 e. The molecule has 0 heterocycles. The Morgan fingerprint density at radius 2 is 1.46 bits per heavy atom. The first-order chi connectivity index (χ1) is 11.1. The molecule has 0 fully saturated rings. The maximum atomic E-state index is 12.5. The van der Waals surface area contributed by atoms with Crippen molar-refractivity contribution in [3.8, 4) is 0 Å². The number of sulfonamides is 2. The zero-order valence-corrected chi connectivity index (χ0v) is 15.7. The Morgan fingerprint density at radius 3 is 2.00 bits per heavy atom. The lowest BCUT2D eigenvalue weighted by Crippen LogP contribution is -2.18. The first kappa shape index (κ1) is 18.7.